The number of ketones is 1. The van der Waals surface area contributed by atoms with Gasteiger partial charge in [0.25, 0.3) is 0 Å². The van der Waals surface area contributed by atoms with E-state index in [-0.39, 0.29) is 24.3 Å². The summed E-state index contributed by atoms with van der Waals surface area (Å²) in [7, 11) is 0. The molecule has 0 aromatic heterocycles. The molecule has 1 aliphatic rings. The van der Waals surface area contributed by atoms with E-state index in [9.17, 15) is 9.59 Å². The quantitative estimate of drug-likeness (QED) is 0.669. The molecule has 0 saturated heterocycles. The van der Waals surface area contributed by atoms with Crippen LogP contribution in [0.4, 0.5) is 0 Å². The highest BCUT2D eigenvalue weighted by Gasteiger charge is 2.31. The van der Waals surface area contributed by atoms with E-state index in [1.807, 2.05) is 0 Å². The van der Waals surface area contributed by atoms with Crippen molar-refractivity contribution >= 4 is 11.8 Å². The van der Waals surface area contributed by atoms with Crippen LogP contribution in [0.1, 0.15) is 46.0 Å². The number of rotatable bonds is 6. The molecule has 17 heavy (non-hydrogen) atoms. The van der Waals surface area contributed by atoms with Gasteiger partial charge in [-0.3, -0.25) is 4.79 Å². The number of carbonyl (C=O) groups is 2. The molecule has 4 nitrogen and oxygen atoms in total. The molecule has 1 rings (SSSR count). The molecule has 0 amide bonds. The third-order valence-electron chi connectivity index (χ3n) is 3.06. The summed E-state index contributed by atoms with van der Waals surface area (Å²) in [4.78, 5) is 22.7. The number of hydrogen-bond acceptors (Lipinski definition) is 4. The third kappa shape index (κ3) is 4.86. The molecular weight excluding hydrogens is 220 g/mol. The van der Waals surface area contributed by atoms with Gasteiger partial charge >= 0.3 is 5.97 Å². The molecule has 1 atom stereocenters. The average molecular weight is 242 g/mol. The Labute approximate surface area is 103 Å². The molecule has 1 saturated carbocycles. The van der Waals surface area contributed by atoms with Crippen LogP contribution in [0.3, 0.4) is 0 Å². The van der Waals surface area contributed by atoms with E-state index in [1.54, 1.807) is 6.92 Å². The molecule has 1 fully saturated rings. The Morgan fingerprint density at radius 3 is 2.41 bits per heavy atom. The molecular formula is C13H22O4. The minimum absolute atomic E-state index is 0.0000189. The highest BCUT2D eigenvalue weighted by atomic mass is 16.6. The zero-order valence-corrected chi connectivity index (χ0v) is 10.7. The average Bonchev–Trinajstić information content (AvgIpc) is 2.30. The van der Waals surface area contributed by atoms with Crippen LogP contribution in [0.2, 0.25) is 0 Å². The minimum atomic E-state index is -0.556. The van der Waals surface area contributed by atoms with Crippen molar-refractivity contribution in [3.63, 3.8) is 0 Å². The van der Waals surface area contributed by atoms with Gasteiger partial charge in [-0.15, -0.1) is 0 Å². The summed E-state index contributed by atoms with van der Waals surface area (Å²) in [5, 5.41) is 0. The van der Waals surface area contributed by atoms with Crippen molar-refractivity contribution in [2.45, 2.75) is 52.1 Å². The first-order valence-corrected chi connectivity index (χ1v) is 6.42. The van der Waals surface area contributed by atoms with Gasteiger partial charge in [-0.2, -0.15) is 0 Å². The molecule has 0 bridgehead atoms. The number of Topliss-reactive ketones (excluding diaryl/α,β-unsaturated/α-hetero) is 1. The van der Waals surface area contributed by atoms with Crippen molar-refractivity contribution < 1.29 is 19.1 Å². The predicted molar refractivity (Wildman–Crippen MR) is 63.6 cm³/mol. The molecule has 0 N–H and O–H groups in total. The van der Waals surface area contributed by atoms with Crippen molar-refractivity contribution in [1.29, 1.82) is 0 Å². The topological polar surface area (TPSA) is 52.6 Å². The van der Waals surface area contributed by atoms with E-state index in [1.165, 1.54) is 13.3 Å². The van der Waals surface area contributed by atoms with Gasteiger partial charge in [0.2, 0.25) is 0 Å². The lowest BCUT2D eigenvalue weighted by Crippen LogP contribution is -2.36. The first kappa shape index (κ1) is 14.2. The lowest BCUT2D eigenvalue weighted by Gasteiger charge is -2.28. The standard InChI is InChI=1S/C13H22O4/c1-3-16-13(15)12(17-9-10(2)14)11-7-5-4-6-8-11/h11-12H,3-9H2,1-2H3. The van der Waals surface area contributed by atoms with Crippen LogP contribution < -0.4 is 0 Å². The molecule has 1 aliphatic carbocycles. The monoisotopic (exact) mass is 242 g/mol. The summed E-state index contributed by atoms with van der Waals surface area (Å²) in [5.74, 6) is -0.169. The fourth-order valence-electron chi connectivity index (χ4n) is 2.27. The van der Waals surface area contributed by atoms with E-state index >= 15 is 0 Å². The largest absolute Gasteiger partial charge is 0.464 e. The molecule has 0 aromatic rings. The molecule has 0 aromatic carbocycles. The fraction of sp³-hybridized carbons (Fsp3) is 0.846. The Bertz CT molecular complexity index is 256. The maximum absolute atomic E-state index is 11.8. The Kier molecular flexibility index (Phi) is 6.19. The molecule has 0 spiro atoms. The number of ether oxygens (including phenoxy) is 2. The predicted octanol–water partition coefficient (Wildman–Crippen LogP) is 2.10. The summed E-state index contributed by atoms with van der Waals surface area (Å²) in [6, 6.07) is 0. The summed E-state index contributed by atoms with van der Waals surface area (Å²) < 4.78 is 10.4. The van der Waals surface area contributed by atoms with E-state index in [0.29, 0.717) is 6.61 Å². The molecule has 98 valence electrons. The van der Waals surface area contributed by atoms with Gasteiger partial charge in [0.15, 0.2) is 11.9 Å². The van der Waals surface area contributed by atoms with Gasteiger partial charge < -0.3 is 9.47 Å². The Morgan fingerprint density at radius 2 is 1.88 bits per heavy atom. The second-order valence-corrected chi connectivity index (χ2v) is 4.58. The molecule has 0 radical (unpaired) electrons. The van der Waals surface area contributed by atoms with Crippen molar-refractivity contribution in [3.05, 3.63) is 0 Å². The highest BCUT2D eigenvalue weighted by molar-refractivity contribution is 5.78. The third-order valence-corrected chi connectivity index (χ3v) is 3.06. The Balaban J connectivity index is 2.56. The second-order valence-electron chi connectivity index (χ2n) is 4.58. The van der Waals surface area contributed by atoms with Gasteiger partial charge in [0.1, 0.15) is 6.61 Å². The zero-order valence-electron chi connectivity index (χ0n) is 10.7. The zero-order chi connectivity index (χ0) is 12.7. The van der Waals surface area contributed by atoms with Crippen LogP contribution in [-0.4, -0.2) is 31.1 Å². The van der Waals surface area contributed by atoms with Crippen LogP contribution in [0.15, 0.2) is 0 Å². The van der Waals surface area contributed by atoms with Crippen LogP contribution in [0, 0.1) is 5.92 Å². The Morgan fingerprint density at radius 1 is 1.24 bits per heavy atom. The van der Waals surface area contributed by atoms with E-state index in [2.05, 4.69) is 0 Å². The molecule has 1 unspecified atom stereocenters. The van der Waals surface area contributed by atoms with E-state index < -0.39 is 6.10 Å². The van der Waals surface area contributed by atoms with Crippen molar-refractivity contribution in [2.24, 2.45) is 5.92 Å². The fourth-order valence-corrected chi connectivity index (χ4v) is 2.27. The van der Waals surface area contributed by atoms with Crippen LogP contribution in [0.5, 0.6) is 0 Å². The number of esters is 1. The summed E-state index contributed by atoms with van der Waals surface area (Å²) in [6.45, 7) is 3.59. The lowest BCUT2D eigenvalue weighted by molar-refractivity contribution is -0.162. The molecule has 0 heterocycles. The second kappa shape index (κ2) is 7.43. The first-order chi connectivity index (χ1) is 8.15. The Hall–Kier alpha value is -0.900. The van der Waals surface area contributed by atoms with Gasteiger partial charge in [-0.1, -0.05) is 19.3 Å². The molecule has 0 aliphatic heterocycles. The van der Waals surface area contributed by atoms with Crippen LogP contribution in [-0.2, 0) is 19.1 Å². The van der Waals surface area contributed by atoms with Gasteiger partial charge in [-0.05, 0) is 32.6 Å². The van der Waals surface area contributed by atoms with Crippen LogP contribution in [0.25, 0.3) is 0 Å². The summed E-state index contributed by atoms with van der Waals surface area (Å²) in [6.07, 6.45) is 4.90. The maximum atomic E-state index is 11.8. The van der Waals surface area contributed by atoms with E-state index in [0.717, 1.165) is 25.7 Å². The summed E-state index contributed by atoms with van der Waals surface area (Å²) >= 11 is 0. The SMILES string of the molecule is CCOC(=O)C(OCC(C)=O)C1CCCCC1. The van der Waals surface area contributed by atoms with Crippen molar-refractivity contribution in [3.8, 4) is 0 Å². The number of hydrogen-bond donors (Lipinski definition) is 0. The van der Waals surface area contributed by atoms with Gasteiger partial charge in [-0.25, -0.2) is 4.79 Å². The van der Waals surface area contributed by atoms with Gasteiger partial charge in [0.05, 0.1) is 6.61 Å². The smallest absolute Gasteiger partial charge is 0.335 e. The summed E-state index contributed by atoms with van der Waals surface area (Å²) in [5.41, 5.74) is 0. The number of carbonyl (C=O) groups excluding carboxylic acids is 2. The molecule has 4 heteroatoms. The normalized spacial score (nSPS) is 18.7. The van der Waals surface area contributed by atoms with Crippen LogP contribution >= 0.6 is 0 Å². The van der Waals surface area contributed by atoms with Gasteiger partial charge in [0, 0.05) is 0 Å². The van der Waals surface area contributed by atoms with Crippen molar-refractivity contribution in [2.75, 3.05) is 13.2 Å². The van der Waals surface area contributed by atoms with Crippen molar-refractivity contribution in [1.82, 2.24) is 0 Å². The minimum Gasteiger partial charge on any atom is -0.464 e. The highest BCUT2D eigenvalue weighted by Crippen LogP contribution is 2.28. The van der Waals surface area contributed by atoms with E-state index in [4.69, 9.17) is 9.47 Å². The first-order valence-electron chi connectivity index (χ1n) is 6.42. The maximum Gasteiger partial charge on any atom is 0.335 e. The lowest BCUT2D eigenvalue weighted by atomic mass is 9.85.